The first-order chi connectivity index (χ1) is 12.9. The Kier molecular flexibility index (Phi) is 6.81. The van der Waals surface area contributed by atoms with Crippen molar-refractivity contribution < 1.29 is 23.6 Å². The Morgan fingerprint density at radius 1 is 1.22 bits per heavy atom. The minimum Gasteiger partial charge on any atom is -0.488 e. The lowest BCUT2D eigenvalue weighted by Crippen LogP contribution is -2.43. The van der Waals surface area contributed by atoms with Gasteiger partial charge in [0.15, 0.2) is 11.6 Å². The lowest BCUT2D eigenvalue weighted by molar-refractivity contribution is -0.384. The maximum atomic E-state index is 13.4. The minimum absolute atomic E-state index is 0.0471. The van der Waals surface area contributed by atoms with E-state index in [1.807, 2.05) is 0 Å². The van der Waals surface area contributed by atoms with Crippen LogP contribution in [-0.4, -0.2) is 35.9 Å². The molecule has 0 aromatic heterocycles. The molecule has 27 heavy (non-hydrogen) atoms. The molecule has 0 aliphatic heterocycles. The van der Waals surface area contributed by atoms with Crippen LogP contribution in [0.5, 0.6) is 5.75 Å². The Morgan fingerprint density at radius 3 is 2.67 bits per heavy atom. The number of hydrogen-bond donors (Lipinski definition) is 2. The molecule has 2 aromatic rings. The van der Waals surface area contributed by atoms with E-state index in [2.05, 4.69) is 10.6 Å². The van der Waals surface area contributed by atoms with Crippen molar-refractivity contribution in [3.63, 3.8) is 0 Å². The summed E-state index contributed by atoms with van der Waals surface area (Å²) in [5.41, 5.74) is -0.140. The maximum absolute atomic E-state index is 13.4. The van der Waals surface area contributed by atoms with Crippen LogP contribution in [-0.2, 0) is 4.79 Å². The van der Waals surface area contributed by atoms with Gasteiger partial charge >= 0.3 is 0 Å². The number of carbonyl (C=O) groups is 2. The number of amides is 2. The fraction of sp³-hybridized carbons (Fsp3) is 0.222. The molecule has 0 heterocycles. The Hall–Kier alpha value is -3.49. The first kappa shape index (κ1) is 19.8. The van der Waals surface area contributed by atoms with E-state index in [-0.39, 0.29) is 30.2 Å². The van der Waals surface area contributed by atoms with Gasteiger partial charge in [-0.05, 0) is 25.1 Å². The summed E-state index contributed by atoms with van der Waals surface area (Å²) in [6.45, 7) is 1.40. The maximum Gasteiger partial charge on any atom is 0.270 e. The van der Waals surface area contributed by atoms with Crippen LogP contribution in [0.4, 0.5) is 10.1 Å². The number of non-ortho nitro benzene ring substituents is 1. The second-order valence-corrected chi connectivity index (χ2v) is 5.70. The molecule has 0 bridgehead atoms. The van der Waals surface area contributed by atoms with Crippen molar-refractivity contribution in [2.45, 2.75) is 13.0 Å². The summed E-state index contributed by atoms with van der Waals surface area (Å²) in [4.78, 5) is 34.0. The highest BCUT2D eigenvalue weighted by molar-refractivity contribution is 5.96. The van der Waals surface area contributed by atoms with Gasteiger partial charge in [-0.3, -0.25) is 19.7 Å². The standard InChI is InChI=1S/C18H18FN3O5/c1-12(11-27-16-8-3-2-7-15(16)19)21-17(23)10-20-18(24)13-5-4-6-14(9-13)22(25)26/h2-9,12H,10-11H2,1H3,(H,20,24)(H,21,23). The van der Waals surface area contributed by atoms with E-state index in [0.717, 1.165) is 6.07 Å². The molecule has 2 rings (SSSR count). The van der Waals surface area contributed by atoms with Crippen molar-refractivity contribution in [1.82, 2.24) is 10.6 Å². The quantitative estimate of drug-likeness (QED) is 0.542. The number of rotatable bonds is 8. The Morgan fingerprint density at radius 2 is 1.96 bits per heavy atom. The zero-order valence-corrected chi connectivity index (χ0v) is 14.5. The van der Waals surface area contributed by atoms with Gasteiger partial charge in [-0.2, -0.15) is 0 Å². The molecule has 1 unspecified atom stereocenters. The summed E-state index contributed by atoms with van der Waals surface area (Å²) in [6.07, 6.45) is 0. The number of halogens is 1. The number of nitro groups is 1. The van der Waals surface area contributed by atoms with Crippen molar-refractivity contribution in [3.8, 4) is 5.75 Å². The number of para-hydroxylation sites is 1. The lowest BCUT2D eigenvalue weighted by Gasteiger charge is -2.15. The van der Waals surface area contributed by atoms with E-state index in [4.69, 9.17) is 4.74 Å². The average Bonchev–Trinajstić information content (AvgIpc) is 2.65. The third kappa shape index (κ3) is 6.07. The van der Waals surface area contributed by atoms with Gasteiger partial charge in [0.1, 0.15) is 6.61 Å². The number of carbonyl (C=O) groups excluding carboxylic acids is 2. The summed E-state index contributed by atoms with van der Waals surface area (Å²) in [5.74, 6) is -1.50. The van der Waals surface area contributed by atoms with E-state index in [0.29, 0.717) is 0 Å². The molecule has 142 valence electrons. The van der Waals surface area contributed by atoms with Gasteiger partial charge in [-0.1, -0.05) is 18.2 Å². The molecule has 0 fully saturated rings. The first-order valence-corrected chi connectivity index (χ1v) is 8.06. The summed E-state index contributed by atoms with van der Waals surface area (Å²) in [6, 6.07) is 10.7. The van der Waals surface area contributed by atoms with Gasteiger partial charge in [0.2, 0.25) is 5.91 Å². The van der Waals surface area contributed by atoms with Gasteiger partial charge in [0, 0.05) is 17.7 Å². The van der Waals surface area contributed by atoms with E-state index in [1.54, 1.807) is 13.0 Å². The highest BCUT2D eigenvalue weighted by Crippen LogP contribution is 2.15. The predicted molar refractivity (Wildman–Crippen MR) is 94.9 cm³/mol. The van der Waals surface area contributed by atoms with Crippen molar-refractivity contribution >= 4 is 17.5 Å². The first-order valence-electron chi connectivity index (χ1n) is 8.06. The highest BCUT2D eigenvalue weighted by Gasteiger charge is 2.14. The van der Waals surface area contributed by atoms with Crippen molar-refractivity contribution in [2.75, 3.05) is 13.2 Å². The minimum atomic E-state index is -0.610. The molecule has 2 N–H and O–H groups in total. The number of nitrogens with zero attached hydrogens (tertiary/aromatic N) is 1. The van der Waals surface area contributed by atoms with Gasteiger partial charge < -0.3 is 15.4 Å². The number of benzene rings is 2. The lowest BCUT2D eigenvalue weighted by atomic mass is 10.2. The number of nitro benzene ring substituents is 1. The summed E-state index contributed by atoms with van der Waals surface area (Å²) in [5, 5.41) is 15.7. The van der Waals surface area contributed by atoms with Crippen molar-refractivity contribution in [3.05, 3.63) is 70.0 Å². The second-order valence-electron chi connectivity index (χ2n) is 5.70. The van der Waals surface area contributed by atoms with Crippen LogP contribution < -0.4 is 15.4 Å². The predicted octanol–water partition coefficient (Wildman–Crippen LogP) is 2.05. The van der Waals surface area contributed by atoms with Gasteiger partial charge in [0.05, 0.1) is 17.5 Å². The third-order valence-corrected chi connectivity index (χ3v) is 3.46. The van der Waals surface area contributed by atoms with Crippen molar-refractivity contribution in [1.29, 1.82) is 0 Å². The zero-order chi connectivity index (χ0) is 19.8. The average molecular weight is 375 g/mol. The largest absolute Gasteiger partial charge is 0.488 e. The van der Waals surface area contributed by atoms with Crippen molar-refractivity contribution in [2.24, 2.45) is 0 Å². The zero-order valence-electron chi connectivity index (χ0n) is 14.5. The summed E-state index contributed by atoms with van der Waals surface area (Å²) in [7, 11) is 0. The molecule has 0 spiro atoms. The number of ether oxygens (including phenoxy) is 1. The molecule has 2 amide bonds. The molecular formula is C18H18FN3O5. The molecule has 0 aliphatic rings. The molecule has 1 atom stereocenters. The molecular weight excluding hydrogens is 357 g/mol. The second kappa shape index (κ2) is 9.27. The van der Waals surface area contributed by atoms with Crippen LogP contribution in [0.25, 0.3) is 0 Å². The molecule has 0 saturated carbocycles. The smallest absolute Gasteiger partial charge is 0.270 e. The molecule has 2 aromatic carbocycles. The SMILES string of the molecule is CC(COc1ccccc1F)NC(=O)CNC(=O)c1cccc([N+](=O)[O-])c1. The summed E-state index contributed by atoms with van der Waals surface area (Å²) < 4.78 is 18.7. The van der Waals surface area contributed by atoms with E-state index in [9.17, 15) is 24.1 Å². The molecule has 8 nitrogen and oxygen atoms in total. The molecule has 0 saturated heterocycles. The Balaban J connectivity index is 1.78. The van der Waals surface area contributed by atoms with E-state index in [1.165, 1.54) is 36.4 Å². The number of hydrogen-bond acceptors (Lipinski definition) is 5. The Labute approximate surface area is 154 Å². The van der Waals surface area contributed by atoms with Gasteiger partial charge in [-0.25, -0.2) is 4.39 Å². The van der Waals surface area contributed by atoms with Crippen LogP contribution >= 0.6 is 0 Å². The van der Waals surface area contributed by atoms with Crippen LogP contribution in [0.3, 0.4) is 0 Å². The monoisotopic (exact) mass is 375 g/mol. The molecule has 0 radical (unpaired) electrons. The van der Waals surface area contributed by atoms with Gasteiger partial charge in [-0.15, -0.1) is 0 Å². The Bertz CT molecular complexity index is 843. The fourth-order valence-electron chi connectivity index (χ4n) is 2.17. The summed E-state index contributed by atoms with van der Waals surface area (Å²) >= 11 is 0. The van der Waals surface area contributed by atoms with Crippen LogP contribution in [0.1, 0.15) is 17.3 Å². The van der Waals surface area contributed by atoms with Crippen LogP contribution in [0.15, 0.2) is 48.5 Å². The van der Waals surface area contributed by atoms with E-state index < -0.39 is 28.6 Å². The van der Waals surface area contributed by atoms with Gasteiger partial charge in [0.25, 0.3) is 11.6 Å². The molecule has 9 heteroatoms. The van der Waals surface area contributed by atoms with Crippen LogP contribution in [0, 0.1) is 15.9 Å². The number of nitrogens with one attached hydrogen (secondary N) is 2. The highest BCUT2D eigenvalue weighted by atomic mass is 19.1. The van der Waals surface area contributed by atoms with E-state index >= 15 is 0 Å². The normalized spacial score (nSPS) is 11.3. The topological polar surface area (TPSA) is 111 Å². The molecule has 0 aliphatic carbocycles. The van der Waals surface area contributed by atoms with Crippen LogP contribution in [0.2, 0.25) is 0 Å². The third-order valence-electron chi connectivity index (χ3n) is 3.46. The fourth-order valence-corrected chi connectivity index (χ4v) is 2.17.